The van der Waals surface area contributed by atoms with Gasteiger partial charge in [0.2, 0.25) is 5.91 Å². The quantitative estimate of drug-likeness (QED) is 0.709. The lowest BCUT2D eigenvalue weighted by atomic mass is 9.95. The third-order valence-corrected chi connectivity index (χ3v) is 5.77. The van der Waals surface area contributed by atoms with Crippen LogP contribution in [0.5, 0.6) is 0 Å². The van der Waals surface area contributed by atoms with Crippen LogP contribution in [0.2, 0.25) is 0 Å². The first-order valence-corrected chi connectivity index (χ1v) is 9.79. The number of likely N-dealkylation sites (tertiary alicyclic amines) is 1. The van der Waals surface area contributed by atoms with E-state index in [4.69, 9.17) is 0 Å². The number of rotatable bonds is 3. The Morgan fingerprint density at radius 1 is 0.800 bits per heavy atom. The van der Waals surface area contributed by atoms with E-state index in [9.17, 15) is 9.59 Å². The first-order valence-electron chi connectivity index (χ1n) is 9.79. The van der Waals surface area contributed by atoms with E-state index in [2.05, 4.69) is 16.0 Å². The topological polar surface area (TPSA) is 73.5 Å². The molecule has 25 heavy (non-hydrogen) atoms. The summed E-state index contributed by atoms with van der Waals surface area (Å²) in [5, 5.41) is 9.53. The van der Waals surface area contributed by atoms with Crippen molar-refractivity contribution < 1.29 is 9.59 Å². The molecule has 3 N–H and O–H groups in total. The molecule has 7 heteroatoms. The fraction of sp³-hybridized carbons (Fsp3) is 0.889. The van der Waals surface area contributed by atoms with Gasteiger partial charge in [-0.2, -0.15) is 0 Å². The number of amides is 3. The van der Waals surface area contributed by atoms with E-state index in [1.54, 1.807) is 0 Å². The Balaban J connectivity index is 0.00000225. The van der Waals surface area contributed by atoms with Gasteiger partial charge >= 0.3 is 6.03 Å². The van der Waals surface area contributed by atoms with Gasteiger partial charge in [0.25, 0.3) is 0 Å². The maximum absolute atomic E-state index is 12.5. The third-order valence-electron chi connectivity index (χ3n) is 5.77. The highest BCUT2D eigenvalue weighted by molar-refractivity contribution is 5.85. The molecule has 2 saturated heterocycles. The molecule has 3 fully saturated rings. The van der Waals surface area contributed by atoms with E-state index in [1.165, 1.54) is 19.3 Å². The fourth-order valence-electron chi connectivity index (χ4n) is 4.23. The second-order valence-electron chi connectivity index (χ2n) is 7.58. The van der Waals surface area contributed by atoms with Crippen LogP contribution in [0, 0.1) is 5.92 Å². The predicted octanol–water partition coefficient (Wildman–Crippen LogP) is 2.03. The first-order chi connectivity index (χ1) is 11.7. The molecular formula is C18H33ClN4O2. The summed E-state index contributed by atoms with van der Waals surface area (Å²) in [5.74, 6) is 0.520. The van der Waals surface area contributed by atoms with Crippen LogP contribution < -0.4 is 16.0 Å². The molecule has 0 unspecified atom stereocenters. The molecule has 1 aliphatic carbocycles. The number of carbonyl (C=O) groups excluding carboxylic acids is 2. The Hall–Kier alpha value is -1.01. The molecule has 0 radical (unpaired) electrons. The number of nitrogens with one attached hydrogen (secondary N) is 3. The van der Waals surface area contributed by atoms with Crippen molar-refractivity contribution in [1.29, 1.82) is 0 Å². The Morgan fingerprint density at radius 3 is 1.96 bits per heavy atom. The molecule has 3 aliphatic rings. The largest absolute Gasteiger partial charge is 0.342 e. The van der Waals surface area contributed by atoms with Crippen molar-refractivity contribution in [2.24, 2.45) is 5.92 Å². The Kier molecular flexibility index (Phi) is 8.30. The molecule has 3 amide bonds. The van der Waals surface area contributed by atoms with E-state index >= 15 is 0 Å². The lowest BCUT2D eigenvalue weighted by Gasteiger charge is -2.35. The van der Waals surface area contributed by atoms with Crippen LogP contribution in [0.4, 0.5) is 4.79 Å². The zero-order valence-electron chi connectivity index (χ0n) is 15.1. The molecule has 6 nitrogen and oxygen atoms in total. The van der Waals surface area contributed by atoms with E-state index < -0.39 is 0 Å². The summed E-state index contributed by atoms with van der Waals surface area (Å²) < 4.78 is 0. The summed E-state index contributed by atoms with van der Waals surface area (Å²) in [7, 11) is 0. The van der Waals surface area contributed by atoms with Crippen molar-refractivity contribution in [3.63, 3.8) is 0 Å². The van der Waals surface area contributed by atoms with Gasteiger partial charge in [0.15, 0.2) is 0 Å². The van der Waals surface area contributed by atoms with Crippen LogP contribution in [0.25, 0.3) is 0 Å². The molecule has 0 aromatic carbocycles. The van der Waals surface area contributed by atoms with Crippen molar-refractivity contribution in [1.82, 2.24) is 20.9 Å². The summed E-state index contributed by atoms with van der Waals surface area (Å²) in [6.45, 7) is 3.46. The molecule has 0 bridgehead atoms. The van der Waals surface area contributed by atoms with Gasteiger partial charge < -0.3 is 20.9 Å². The number of hydrogen-bond acceptors (Lipinski definition) is 3. The smallest absolute Gasteiger partial charge is 0.315 e. The fourth-order valence-corrected chi connectivity index (χ4v) is 4.23. The van der Waals surface area contributed by atoms with E-state index in [-0.39, 0.29) is 30.4 Å². The lowest BCUT2D eigenvalue weighted by molar-refractivity contribution is -0.137. The minimum atomic E-state index is -0.0231. The molecule has 2 heterocycles. The van der Waals surface area contributed by atoms with Crippen LogP contribution in [0.1, 0.15) is 57.8 Å². The predicted molar refractivity (Wildman–Crippen MR) is 101 cm³/mol. The second-order valence-corrected chi connectivity index (χ2v) is 7.58. The highest BCUT2D eigenvalue weighted by Crippen LogP contribution is 2.20. The van der Waals surface area contributed by atoms with E-state index in [0.717, 1.165) is 64.7 Å². The van der Waals surface area contributed by atoms with Crippen molar-refractivity contribution in [3.05, 3.63) is 0 Å². The molecule has 3 rings (SSSR count). The summed E-state index contributed by atoms with van der Waals surface area (Å²) in [6, 6.07) is 0.524. The average molecular weight is 373 g/mol. The standard InChI is InChI=1S/C18H32N4O2.ClH/c23-17(14-6-10-19-11-7-14)22-12-8-16(9-13-22)21-18(24)20-15-4-2-1-3-5-15;/h14-16,19H,1-13H2,(H2,20,21,24);1H. The van der Waals surface area contributed by atoms with Crippen molar-refractivity contribution >= 4 is 24.3 Å². The molecule has 2 aliphatic heterocycles. The van der Waals surface area contributed by atoms with Crippen molar-refractivity contribution in [2.45, 2.75) is 69.9 Å². The monoisotopic (exact) mass is 372 g/mol. The average Bonchev–Trinajstić information content (AvgIpc) is 2.63. The minimum Gasteiger partial charge on any atom is -0.342 e. The number of hydrogen-bond donors (Lipinski definition) is 3. The van der Waals surface area contributed by atoms with E-state index in [0.29, 0.717) is 11.9 Å². The highest BCUT2D eigenvalue weighted by Gasteiger charge is 2.29. The SMILES string of the molecule is Cl.O=C(NC1CCCCC1)NC1CCN(C(=O)C2CCNCC2)CC1. The van der Waals surface area contributed by atoms with Gasteiger partial charge in [0.05, 0.1) is 0 Å². The van der Waals surface area contributed by atoms with Crippen molar-refractivity contribution in [3.8, 4) is 0 Å². The zero-order valence-corrected chi connectivity index (χ0v) is 15.9. The van der Waals surface area contributed by atoms with Gasteiger partial charge in [0, 0.05) is 31.1 Å². The van der Waals surface area contributed by atoms with Gasteiger partial charge in [-0.1, -0.05) is 19.3 Å². The normalized spacial score (nSPS) is 23.6. The van der Waals surface area contributed by atoms with Gasteiger partial charge in [-0.3, -0.25) is 4.79 Å². The van der Waals surface area contributed by atoms with Gasteiger partial charge in [0.1, 0.15) is 0 Å². The Bertz CT molecular complexity index is 429. The van der Waals surface area contributed by atoms with Crippen LogP contribution in [0.15, 0.2) is 0 Å². The maximum Gasteiger partial charge on any atom is 0.315 e. The molecule has 0 aromatic rings. The summed E-state index contributed by atoms with van der Waals surface area (Å²) in [4.78, 5) is 26.7. The van der Waals surface area contributed by atoms with Crippen LogP contribution in [0.3, 0.4) is 0 Å². The van der Waals surface area contributed by atoms with Crippen LogP contribution >= 0.6 is 12.4 Å². The molecule has 1 saturated carbocycles. The van der Waals surface area contributed by atoms with E-state index in [1.807, 2.05) is 4.90 Å². The third kappa shape index (κ3) is 6.03. The Labute approximate surface area is 157 Å². The van der Waals surface area contributed by atoms with Gasteiger partial charge in [-0.25, -0.2) is 4.79 Å². The maximum atomic E-state index is 12.5. The van der Waals surface area contributed by atoms with Crippen molar-refractivity contribution in [2.75, 3.05) is 26.2 Å². The number of urea groups is 1. The first kappa shape index (κ1) is 20.3. The molecule has 0 atom stereocenters. The zero-order chi connectivity index (χ0) is 16.8. The number of carbonyl (C=O) groups is 2. The Morgan fingerprint density at radius 2 is 1.36 bits per heavy atom. The second kappa shape index (κ2) is 10.2. The summed E-state index contributed by atoms with van der Waals surface area (Å²) in [5.41, 5.74) is 0. The number of nitrogens with zero attached hydrogens (tertiary/aromatic N) is 1. The van der Waals surface area contributed by atoms with Crippen LogP contribution in [-0.2, 0) is 4.79 Å². The molecule has 144 valence electrons. The lowest BCUT2D eigenvalue weighted by Crippen LogP contribution is -2.52. The number of halogens is 1. The highest BCUT2D eigenvalue weighted by atomic mass is 35.5. The molecular weight excluding hydrogens is 340 g/mol. The van der Waals surface area contributed by atoms with Gasteiger partial charge in [-0.05, 0) is 51.6 Å². The minimum absolute atomic E-state index is 0. The molecule has 0 spiro atoms. The van der Waals surface area contributed by atoms with Gasteiger partial charge in [-0.15, -0.1) is 12.4 Å². The summed E-state index contributed by atoms with van der Waals surface area (Å²) in [6.07, 6.45) is 9.62. The molecule has 0 aromatic heterocycles. The number of piperidine rings is 2. The summed E-state index contributed by atoms with van der Waals surface area (Å²) >= 11 is 0. The van der Waals surface area contributed by atoms with Crippen LogP contribution in [-0.4, -0.2) is 55.1 Å².